The predicted octanol–water partition coefficient (Wildman–Crippen LogP) is 1.42. The van der Waals surface area contributed by atoms with Gasteiger partial charge in [0.15, 0.2) is 11.9 Å². The van der Waals surface area contributed by atoms with Gasteiger partial charge in [-0.05, 0) is 26.3 Å². The summed E-state index contributed by atoms with van der Waals surface area (Å²) in [5.41, 5.74) is -0.661. The van der Waals surface area contributed by atoms with E-state index in [2.05, 4.69) is 14.8 Å². The van der Waals surface area contributed by atoms with Gasteiger partial charge < -0.3 is 4.74 Å². The molecular weight excluding hydrogens is 244 g/mol. The largest absolute Gasteiger partial charge is 0.465 e. The van der Waals surface area contributed by atoms with Gasteiger partial charge in [-0.25, -0.2) is 16.5 Å². The molecule has 0 fully saturated rings. The number of aryl methyl sites for hydroxylation is 1. The zero-order chi connectivity index (χ0) is 14.5. The zero-order valence-electron chi connectivity index (χ0n) is 11.0. The summed E-state index contributed by atoms with van der Waals surface area (Å²) in [5, 5.41) is 9.07. The normalized spacial score (nSPS) is 14.6. The lowest BCUT2D eigenvalue weighted by atomic mass is 9.82. The van der Waals surface area contributed by atoms with Crippen molar-refractivity contribution in [2.45, 2.75) is 32.2 Å². The highest BCUT2D eigenvalue weighted by atomic mass is 16.5. The summed E-state index contributed by atoms with van der Waals surface area (Å²) in [5.74, 6) is -0.541. The van der Waals surface area contributed by atoms with Crippen molar-refractivity contribution in [1.29, 1.82) is 5.26 Å². The first-order valence-electron chi connectivity index (χ1n) is 5.73. The van der Waals surface area contributed by atoms with Gasteiger partial charge in [0, 0.05) is 12.4 Å². The van der Waals surface area contributed by atoms with Crippen LogP contribution in [-0.4, -0.2) is 28.6 Å². The fourth-order valence-electron chi connectivity index (χ4n) is 1.55. The third-order valence-electron chi connectivity index (χ3n) is 2.74. The van der Waals surface area contributed by atoms with Crippen molar-refractivity contribution in [3.05, 3.63) is 35.2 Å². The van der Waals surface area contributed by atoms with E-state index < -0.39 is 17.4 Å². The van der Waals surface area contributed by atoms with Gasteiger partial charge in [-0.3, -0.25) is 9.64 Å². The van der Waals surface area contributed by atoms with E-state index in [4.69, 9.17) is 16.6 Å². The molecule has 6 heteroatoms. The Kier molecular flexibility index (Phi) is 4.55. The molecule has 1 heterocycles. The Hall–Kier alpha value is -2.47. The molecule has 0 aliphatic carbocycles. The van der Waals surface area contributed by atoms with Crippen molar-refractivity contribution in [3.63, 3.8) is 0 Å². The molecule has 2 atom stereocenters. The Morgan fingerprint density at radius 2 is 2.21 bits per heavy atom. The van der Waals surface area contributed by atoms with Crippen LogP contribution in [0.3, 0.4) is 0 Å². The lowest BCUT2D eigenvalue weighted by Gasteiger charge is -2.23. The highest BCUT2D eigenvalue weighted by molar-refractivity contribution is 5.83. The van der Waals surface area contributed by atoms with Crippen LogP contribution in [0.25, 0.3) is 4.85 Å². The minimum absolute atomic E-state index is 0.124. The first kappa shape index (κ1) is 14.6. The van der Waals surface area contributed by atoms with E-state index in [-0.39, 0.29) is 12.4 Å². The molecule has 0 saturated heterocycles. The van der Waals surface area contributed by atoms with Crippen LogP contribution in [0.5, 0.6) is 0 Å². The van der Waals surface area contributed by atoms with Gasteiger partial charge in [0.25, 0.3) is 0 Å². The second kappa shape index (κ2) is 5.92. The summed E-state index contributed by atoms with van der Waals surface area (Å²) in [6.07, 6.45) is 3.08. The summed E-state index contributed by atoms with van der Waals surface area (Å²) in [7, 11) is 0. The van der Waals surface area contributed by atoms with Gasteiger partial charge in [-0.2, -0.15) is 5.26 Å². The number of carbonyl (C=O) groups excluding carboxylic acids is 1. The molecular formula is C13H14N4O2. The van der Waals surface area contributed by atoms with Gasteiger partial charge in [0.1, 0.15) is 0 Å². The molecule has 0 spiro atoms. The van der Waals surface area contributed by atoms with E-state index >= 15 is 0 Å². The average molecular weight is 258 g/mol. The van der Waals surface area contributed by atoms with Crippen LogP contribution in [0, 0.1) is 24.8 Å². The molecule has 0 amide bonds. The molecule has 1 aromatic heterocycles. The monoisotopic (exact) mass is 258 g/mol. The molecule has 2 unspecified atom stereocenters. The summed E-state index contributed by atoms with van der Waals surface area (Å²) in [4.78, 5) is 23.4. The van der Waals surface area contributed by atoms with E-state index in [0.29, 0.717) is 0 Å². The van der Waals surface area contributed by atoms with Crippen LogP contribution in [0.4, 0.5) is 0 Å². The first-order valence-corrected chi connectivity index (χ1v) is 5.73. The fraction of sp³-hybridized carbons (Fsp3) is 0.462. The van der Waals surface area contributed by atoms with Gasteiger partial charge >= 0.3 is 12.0 Å². The standard InChI is InChI=1S/C13H14N4O2/c1-5-19-12(18)13(3,10(6-14)15-4)11-16-7-9(2)8-17-11/h7-8,10H,5H2,1-3H3. The van der Waals surface area contributed by atoms with Crippen molar-refractivity contribution >= 4 is 5.97 Å². The van der Waals surface area contributed by atoms with Crippen LogP contribution in [0.15, 0.2) is 12.4 Å². The van der Waals surface area contributed by atoms with Crippen LogP contribution in [0.1, 0.15) is 25.2 Å². The maximum absolute atomic E-state index is 12.1. The topological polar surface area (TPSA) is 80.2 Å². The first-order chi connectivity index (χ1) is 9.00. The Morgan fingerprint density at radius 3 is 2.63 bits per heavy atom. The van der Waals surface area contributed by atoms with E-state index in [1.807, 2.05) is 13.0 Å². The summed E-state index contributed by atoms with van der Waals surface area (Å²) >= 11 is 0. The highest BCUT2D eigenvalue weighted by Crippen LogP contribution is 2.28. The SMILES string of the molecule is [C-]#[N+]C(C#N)C(C)(C(=O)OCC)c1ncc(C)cn1. The third-order valence-corrected chi connectivity index (χ3v) is 2.74. The lowest BCUT2D eigenvalue weighted by Crippen LogP contribution is -2.44. The van der Waals surface area contributed by atoms with Crippen molar-refractivity contribution in [2.75, 3.05) is 6.61 Å². The minimum Gasteiger partial charge on any atom is -0.465 e. The van der Waals surface area contributed by atoms with Crippen molar-refractivity contribution in [3.8, 4) is 6.07 Å². The molecule has 6 nitrogen and oxygen atoms in total. The molecule has 98 valence electrons. The van der Waals surface area contributed by atoms with Crippen molar-refractivity contribution in [1.82, 2.24) is 9.97 Å². The molecule has 0 N–H and O–H groups in total. The number of hydrogen-bond donors (Lipinski definition) is 0. The van der Waals surface area contributed by atoms with E-state index in [0.717, 1.165) is 5.56 Å². The lowest BCUT2D eigenvalue weighted by molar-refractivity contribution is -0.149. The number of ether oxygens (including phenoxy) is 1. The number of nitriles is 1. The fourth-order valence-corrected chi connectivity index (χ4v) is 1.55. The van der Waals surface area contributed by atoms with E-state index in [9.17, 15) is 4.79 Å². The summed E-state index contributed by atoms with van der Waals surface area (Å²) in [6.45, 7) is 12.2. The quantitative estimate of drug-likeness (QED) is 0.602. The van der Waals surface area contributed by atoms with Gasteiger partial charge in [0.2, 0.25) is 5.41 Å². The van der Waals surface area contributed by atoms with E-state index in [1.165, 1.54) is 19.3 Å². The van der Waals surface area contributed by atoms with Gasteiger partial charge in [-0.15, -0.1) is 0 Å². The van der Waals surface area contributed by atoms with Crippen molar-refractivity contribution < 1.29 is 9.53 Å². The Bertz CT molecular complexity index is 527. The maximum atomic E-state index is 12.1. The van der Waals surface area contributed by atoms with Gasteiger partial charge in [0.05, 0.1) is 6.61 Å². The second-order valence-corrected chi connectivity index (χ2v) is 4.17. The highest BCUT2D eigenvalue weighted by Gasteiger charge is 2.52. The Balaban J connectivity index is 3.35. The molecule has 0 aliphatic rings. The molecule has 0 radical (unpaired) electrons. The molecule has 0 saturated carbocycles. The van der Waals surface area contributed by atoms with Crippen molar-refractivity contribution in [2.24, 2.45) is 0 Å². The van der Waals surface area contributed by atoms with Crippen LogP contribution in [-0.2, 0) is 14.9 Å². The molecule has 1 rings (SSSR count). The van der Waals surface area contributed by atoms with Crippen LogP contribution < -0.4 is 0 Å². The molecule has 1 aromatic rings. The number of esters is 1. The molecule has 0 bridgehead atoms. The molecule has 0 aromatic carbocycles. The number of carbonyl (C=O) groups is 1. The number of hydrogen-bond acceptors (Lipinski definition) is 5. The Morgan fingerprint density at radius 1 is 1.63 bits per heavy atom. The smallest absolute Gasteiger partial charge is 0.330 e. The summed E-state index contributed by atoms with van der Waals surface area (Å²) in [6, 6.07) is 0.582. The number of nitrogens with zero attached hydrogens (tertiary/aromatic N) is 4. The zero-order valence-corrected chi connectivity index (χ0v) is 11.0. The van der Waals surface area contributed by atoms with Crippen LogP contribution in [0.2, 0.25) is 0 Å². The second-order valence-electron chi connectivity index (χ2n) is 4.17. The number of aromatic nitrogens is 2. The average Bonchev–Trinajstić information content (AvgIpc) is 2.40. The van der Waals surface area contributed by atoms with E-state index in [1.54, 1.807) is 6.92 Å². The minimum atomic E-state index is -1.49. The molecule has 0 aliphatic heterocycles. The third kappa shape index (κ3) is 2.69. The summed E-state index contributed by atoms with van der Waals surface area (Å²) < 4.78 is 4.96. The Labute approximate surface area is 111 Å². The maximum Gasteiger partial charge on any atom is 0.330 e. The molecule has 19 heavy (non-hydrogen) atoms. The van der Waals surface area contributed by atoms with Gasteiger partial charge in [-0.1, -0.05) is 0 Å². The predicted molar refractivity (Wildman–Crippen MR) is 66.8 cm³/mol. The van der Waals surface area contributed by atoms with Crippen LogP contribution >= 0.6 is 0 Å². The number of rotatable bonds is 4.